The molecule has 1 aliphatic carbocycles. The van der Waals surface area contributed by atoms with Gasteiger partial charge in [-0.15, -0.1) is 0 Å². The van der Waals surface area contributed by atoms with Crippen molar-refractivity contribution in [2.75, 3.05) is 9.80 Å². The lowest BCUT2D eigenvalue weighted by Gasteiger charge is -2.25. The van der Waals surface area contributed by atoms with Crippen molar-refractivity contribution in [1.29, 1.82) is 0 Å². The van der Waals surface area contributed by atoms with Crippen molar-refractivity contribution in [3.8, 4) is 0 Å². The quantitative estimate of drug-likeness (QED) is 0.442. The summed E-state index contributed by atoms with van der Waals surface area (Å²) in [6.45, 7) is 1.56. The highest BCUT2D eigenvalue weighted by Gasteiger charge is 2.43. The van der Waals surface area contributed by atoms with Crippen molar-refractivity contribution in [3.63, 3.8) is 0 Å². The van der Waals surface area contributed by atoms with E-state index in [-0.39, 0.29) is 5.91 Å². The Bertz CT molecular complexity index is 1280. The highest BCUT2D eigenvalue weighted by Crippen LogP contribution is 2.41. The molecule has 1 fully saturated rings. The van der Waals surface area contributed by atoms with Gasteiger partial charge in [-0.05, 0) is 62.1 Å². The topological polar surface area (TPSA) is 98.8 Å². The fourth-order valence-corrected chi connectivity index (χ4v) is 5.36. The number of anilines is 4. The number of nitrogens with zero attached hydrogens (tertiary/aromatic N) is 2. The molecule has 8 nitrogen and oxygen atoms in total. The molecule has 3 aromatic rings. The van der Waals surface area contributed by atoms with Crippen LogP contribution in [-0.4, -0.2) is 35.7 Å². The number of hydrogen-bond donors (Lipinski definition) is 2. The molecular formula is C31H32N4O4. The van der Waals surface area contributed by atoms with Gasteiger partial charge in [0, 0.05) is 17.8 Å². The van der Waals surface area contributed by atoms with E-state index in [1.807, 2.05) is 36.4 Å². The van der Waals surface area contributed by atoms with Crippen molar-refractivity contribution in [2.45, 2.75) is 51.1 Å². The summed E-state index contributed by atoms with van der Waals surface area (Å²) in [5, 5.41) is 5.40. The zero-order valence-electron chi connectivity index (χ0n) is 21.9. The molecule has 2 N–H and O–H groups in total. The predicted molar refractivity (Wildman–Crippen MR) is 150 cm³/mol. The van der Waals surface area contributed by atoms with Gasteiger partial charge in [0.1, 0.15) is 6.04 Å². The number of amides is 4. The van der Waals surface area contributed by atoms with E-state index in [9.17, 15) is 19.2 Å². The van der Waals surface area contributed by atoms with Gasteiger partial charge in [-0.1, -0.05) is 61.4 Å². The van der Waals surface area contributed by atoms with Crippen molar-refractivity contribution in [2.24, 2.45) is 5.92 Å². The molecule has 0 radical (unpaired) electrons. The third kappa shape index (κ3) is 5.55. The van der Waals surface area contributed by atoms with Crippen molar-refractivity contribution >= 4 is 46.4 Å². The summed E-state index contributed by atoms with van der Waals surface area (Å²) in [6, 6.07) is 22.8. The Morgan fingerprint density at radius 3 is 1.72 bits per heavy atom. The first-order valence-electron chi connectivity index (χ1n) is 13.4. The lowest BCUT2D eigenvalue weighted by molar-refractivity contribution is -0.135. The number of carbonyl (C=O) groups is 4. The van der Waals surface area contributed by atoms with Gasteiger partial charge in [-0.3, -0.25) is 29.0 Å². The van der Waals surface area contributed by atoms with Crippen LogP contribution in [0, 0.1) is 5.92 Å². The fraction of sp³-hybridized carbons (Fsp3) is 0.290. The second-order valence-corrected chi connectivity index (χ2v) is 10.1. The summed E-state index contributed by atoms with van der Waals surface area (Å²) in [7, 11) is 0. The SMILES string of the molecule is C[C@H](NC(=O)CC1CCCC1)C(=O)NC1C(=O)N(c2ccccc2)c2ccccc2N(c2ccccc2)C1=O. The number of rotatable bonds is 7. The van der Waals surface area contributed by atoms with Gasteiger partial charge in [0.15, 0.2) is 6.04 Å². The highest BCUT2D eigenvalue weighted by molar-refractivity contribution is 6.25. The summed E-state index contributed by atoms with van der Waals surface area (Å²) in [4.78, 5) is 56.9. The average Bonchev–Trinajstić information content (AvgIpc) is 3.43. The molecule has 0 saturated heterocycles. The van der Waals surface area contributed by atoms with Gasteiger partial charge in [0.05, 0.1) is 11.4 Å². The fourth-order valence-electron chi connectivity index (χ4n) is 5.36. The van der Waals surface area contributed by atoms with Crippen molar-refractivity contribution in [1.82, 2.24) is 10.6 Å². The number of benzene rings is 3. The highest BCUT2D eigenvalue weighted by atomic mass is 16.2. The predicted octanol–water partition coefficient (Wildman–Crippen LogP) is 4.60. The zero-order valence-corrected chi connectivity index (χ0v) is 21.9. The number of hydrogen-bond acceptors (Lipinski definition) is 4. The molecule has 1 aliphatic heterocycles. The first kappa shape index (κ1) is 26.2. The van der Waals surface area contributed by atoms with Gasteiger partial charge >= 0.3 is 0 Å². The van der Waals surface area contributed by atoms with Crippen LogP contribution in [0.4, 0.5) is 22.7 Å². The average molecular weight is 525 g/mol. The molecular weight excluding hydrogens is 492 g/mol. The molecule has 5 rings (SSSR count). The molecule has 0 spiro atoms. The minimum absolute atomic E-state index is 0.202. The van der Waals surface area contributed by atoms with E-state index in [0.717, 1.165) is 25.7 Å². The smallest absolute Gasteiger partial charge is 0.264 e. The summed E-state index contributed by atoms with van der Waals surface area (Å²) >= 11 is 0. The summed E-state index contributed by atoms with van der Waals surface area (Å²) < 4.78 is 0. The van der Waals surface area contributed by atoms with Crippen LogP contribution in [0.5, 0.6) is 0 Å². The van der Waals surface area contributed by atoms with E-state index < -0.39 is 29.8 Å². The maximum Gasteiger partial charge on any atom is 0.264 e. The first-order valence-corrected chi connectivity index (χ1v) is 13.4. The molecule has 1 saturated carbocycles. The van der Waals surface area contributed by atoms with Crippen LogP contribution >= 0.6 is 0 Å². The third-order valence-corrected chi connectivity index (χ3v) is 7.33. The van der Waals surface area contributed by atoms with E-state index in [2.05, 4.69) is 10.6 Å². The lowest BCUT2D eigenvalue weighted by Crippen LogP contribution is -2.57. The Hall–Kier alpha value is -4.46. The zero-order chi connectivity index (χ0) is 27.4. The second kappa shape index (κ2) is 11.5. The van der Waals surface area contributed by atoms with E-state index in [1.165, 1.54) is 9.80 Å². The molecule has 0 unspecified atom stereocenters. The van der Waals surface area contributed by atoms with E-state index in [1.54, 1.807) is 55.5 Å². The molecule has 0 aromatic heterocycles. The van der Waals surface area contributed by atoms with Crippen LogP contribution in [0.2, 0.25) is 0 Å². The van der Waals surface area contributed by atoms with Crippen molar-refractivity contribution in [3.05, 3.63) is 84.9 Å². The largest absolute Gasteiger partial charge is 0.345 e. The number of fused-ring (bicyclic) bond motifs is 1. The minimum atomic E-state index is -1.51. The first-order chi connectivity index (χ1) is 18.9. The second-order valence-electron chi connectivity index (χ2n) is 10.1. The summed E-state index contributed by atoms with van der Waals surface area (Å²) in [5.74, 6) is -1.65. The van der Waals surface area contributed by atoms with Gasteiger partial charge < -0.3 is 10.6 Å². The Morgan fingerprint density at radius 2 is 1.23 bits per heavy atom. The van der Waals surface area contributed by atoms with E-state index >= 15 is 0 Å². The standard InChI is InChI=1S/C31H32N4O4/c1-21(32-27(36)20-22-12-8-9-13-22)29(37)33-28-30(38)34(23-14-4-2-5-15-23)25-18-10-11-19-26(25)35(31(28)39)24-16-6-3-7-17-24/h2-7,10-11,14-19,21-22,28H,8-9,12-13,20H2,1H3,(H,32,36)(H,33,37)/t21-/m0/s1. The Balaban J connectivity index is 1.48. The van der Waals surface area contributed by atoms with E-state index in [0.29, 0.717) is 35.1 Å². The molecule has 1 atom stereocenters. The maximum absolute atomic E-state index is 14.1. The molecule has 3 aromatic carbocycles. The Morgan fingerprint density at radius 1 is 0.769 bits per heavy atom. The monoisotopic (exact) mass is 524 g/mol. The number of nitrogens with one attached hydrogen (secondary N) is 2. The molecule has 4 amide bonds. The number of para-hydroxylation sites is 4. The van der Waals surface area contributed by atoms with Crippen LogP contribution in [0.15, 0.2) is 84.9 Å². The lowest BCUT2D eigenvalue weighted by atomic mass is 10.0. The van der Waals surface area contributed by atoms with Gasteiger partial charge in [-0.25, -0.2) is 0 Å². The molecule has 200 valence electrons. The van der Waals surface area contributed by atoms with Gasteiger partial charge in [-0.2, -0.15) is 0 Å². The maximum atomic E-state index is 14.1. The Kier molecular flexibility index (Phi) is 7.72. The van der Waals surface area contributed by atoms with Crippen LogP contribution in [0.1, 0.15) is 39.0 Å². The third-order valence-electron chi connectivity index (χ3n) is 7.33. The van der Waals surface area contributed by atoms with Crippen LogP contribution in [-0.2, 0) is 19.2 Å². The van der Waals surface area contributed by atoms with Crippen molar-refractivity contribution < 1.29 is 19.2 Å². The van der Waals surface area contributed by atoms with Crippen LogP contribution < -0.4 is 20.4 Å². The van der Waals surface area contributed by atoms with E-state index in [4.69, 9.17) is 0 Å². The molecule has 0 bridgehead atoms. The van der Waals surface area contributed by atoms with Gasteiger partial charge in [0.2, 0.25) is 11.8 Å². The Labute approximate surface area is 228 Å². The summed E-state index contributed by atoms with van der Waals surface area (Å²) in [6.07, 6.45) is 4.66. The normalized spacial score (nSPS) is 16.9. The summed E-state index contributed by atoms with van der Waals surface area (Å²) in [5.41, 5.74) is 2.16. The van der Waals surface area contributed by atoms with Gasteiger partial charge in [0.25, 0.3) is 11.8 Å². The molecule has 8 heteroatoms. The minimum Gasteiger partial charge on any atom is -0.345 e. The number of carbonyl (C=O) groups excluding carboxylic acids is 4. The molecule has 1 heterocycles. The van der Waals surface area contributed by atoms with Crippen LogP contribution in [0.3, 0.4) is 0 Å². The molecule has 2 aliphatic rings. The van der Waals surface area contributed by atoms with Crippen LogP contribution in [0.25, 0.3) is 0 Å². The molecule has 39 heavy (non-hydrogen) atoms.